The standard InChI is InChI=1S/C12H16OS/c1-10-7-11(5-3-4-6-14)9-12(8-10)13-2/h3,5,7-9,14H,4,6H2,1-2H3. The first kappa shape index (κ1) is 11.2. The fourth-order valence-electron chi connectivity index (χ4n) is 1.28. The summed E-state index contributed by atoms with van der Waals surface area (Å²) in [5.74, 6) is 1.80. The first-order chi connectivity index (χ1) is 6.76. The third-order valence-electron chi connectivity index (χ3n) is 1.91. The molecule has 0 radical (unpaired) electrons. The number of methoxy groups -OCH3 is 1. The van der Waals surface area contributed by atoms with E-state index in [9.17, 15) is 0 Å². The Morgan fingerprint density at radius 1 is 1.36 bits per heavy atom. The van der Waals surface area contributed by atoms with E-state index in [0.29, 0.717) is 0 Å². The third-order valence-corrected chi connectivity index (χ3v) is 2.17. The third kappa shape index (κ3) is 3.46. The van der Waals surface area contributed by atoms with Crippen LogP contribution in [-0.4, -0.2) is 12.9 Å². The Morgan fingerprint density at radius 3 is 2.79 bits per heavy atom. The SMILES string of the molecule is COc1cc(C)cc(C=CCCS)c1. The van der Waals surface area contributed by atoms with Crippen molar-refractivity contribution in [1.29, 1.82) is 0 Å². The molecule has 76 valence electrons. The van der Waals surface area contributed by atoms with Gasteiger partial charge in [-0.05, 0) is 42.4 Å². The Hall–Kier alpha value is -0.890. The molecule has 0 aliphatic rings. The Kier molecular flexibility index (Phi) is 4.60. The molecule has 0 fully saturated rings. The van der Waals surface area contributed by atoms with Crippen LogP contribution in [0, 0.1) is 6.92 Å². The second kappa shape index (κ2) is 5.76. The van der Waals surface area contributed by atoms with E-state index in [1.807, 2.05) is 12.1 Å². The monoisotopic (exact) mass is 208 g/mol. The number of hydrogen-bond donors (Lipinski definition) is 1. The lowest BCUT2D eigenvalue weighted by Crippen LogP contribution is -1.85. The van der Waals surface area contributed by atoms with Gasteiger partial charge in [-0.25, -0.2) is 0 Å². The van der Waals surface area contributed by atoms with Crippen molar-refractivity contribution < 1.29 is 4.74 Å². The van der Waals surface area contributed by atoms with Crippen LogP contribution in [0.1, 0.15) is 17.5 Å². The highest BCUT2D eigenvalue weighted by atomic mass is 32.1. The minimum Gasteiger partial charge on any atom is -0.497 e. The summed E-state index contributed by atoms with van der Waals surface area (Å²) >= 11 is 4.15. The Balaban J connectivity index is 2.81. The summed E-state index contributed by atoms with van der Waals surface area (Å²) in [5, 5.41) is 0. The van der Waals surface area contributed by atoms with Gasteiger partial charge in [-0.2, -0.15) is 12.6 Å². The molecule has 0 bridgehead atoms. The van der Waals surface area contributed by atoms with Gasteiger partial charge < -0.3 is 4.74 Å². The average Bonchev–Trinajstić information content (AvgIpc) is 2.17. The zero-order valence-electron chi connectivity index (χ0n) is 8.66. The van der Waals surface area contributed by atoms with Crippen molar-refractivity contribution in [3.8, 4) is 5.75 Å². The largest absolute Gasteiger partial charge is 0.497 e. The van der Waals surface area contributed by atoms with E-state index in [0.717, 1.165) is 17.9 Å². The van der Waals surface area contributed by atoms with E-state index in [4.69, 9.17) is 4.74 Å². The van der Waals surface area contributed by atoms with Crippen molar-refractivity contribution in [2.45, 2.75) is 13.3 Å². The van der Waals surface area contributed by atoms with E-state index in [1.54, 1.807) is 7.11 Å². The number of rotatable bonds is 4. The number of allylic oxidation sites excluding steroid dienone is 1. The van der Waals surface area contributed by atoms with Crippen molar-refractivity contribution in [3.05, 3.63) is 35.4 Å². The maximum Gasteiger partial charge on any atom is 0.119 e. The Morgan fingerprint density at radius 2 is 2.14 bits per heavy atom. The van der Waals surface area contributed by atoms with E-state index < -0.39 is 0 Å². The molecule has 1 rings (SSSR count). The van der Waals surface area contributed by atoms with Crippen LogP contribution in [0.15, 0.2) is 24.3 Å². The minimum atomic E-state index is 0.888. The van der Waals surface area contributed by atoms with Crippen LogP contribution in [0.2, 0.25) is 0 Å². The molecular formula is C12H16OS. The van der Waals surface area contributed by atoms with Crippen molar-refractivity contribution in [2.24, 2.45) is 0 Å². The van der Waals surface area contributed by atoms with Gasteiger partial charge in [0.05, 0.1) is 7.11 Å². The molecule has 1 aromatic rings. The molecule has 0 saturated carbocycles. The van der Waals surface area contributed by atoms with Gasteiger partial charge in [0.1, 0.15) is 5.75 Å². The molecule has 0 atom stereocenters. The van der Waals surface area contributed by atoms with E-state index in [1.165, 1.54) is 11.1 Å². The number of hydrogen-bond acceptors (Lipinski definition) is 2. The van der Waals surface area contributed by atoms with Gasteiger partial charge in [0.15, 0.2) is 0 Å². The summed E-state index contributed by atoms with van der Waals surface area (Å²) in [6.07, 6.45) is 5.23. The summed E-state index contributed by atoms with van der Waals surface area (Å²) in [6.45, 7) is 2.07. The summed E-state index contributed by atoms with van der Waals surface area (Å²) in [6, 6.07) is 6.19. The van der Waals surface area contributed by atoms with Crippen LogP contribution in [0.25, 0.3) is 6.08 Å². The molecular weight excluding hydrogens is 192 g/mol. The molecule has 1 nitrogen and oxygen atoms in total. The molecule has 1 aromatic carbocycles. The van der Waals surface area contributed by atoms with E-state index >= 15 is 0 Å². The van der Waals surface area contributed by atoms with Gasteiger partial charge in [0.25, 0.3) is 0 Å². The van der Waals surface area contributed by atoms with Crippen molar-refractivity contribution in [2.75, 3.05) is 12.9 Å². The Bertz CT molecular complexity index is 318. The first-order valence-corrected chi connectivity index (χ1v) is 5.32. The molecule has 0 N–H and O–H groups in total. The summed E-state index contributed by atoms with van der Waals surface area (Å²) in [7, 11) is 1.69. The number of ether oxygens (including phenoxy) is 1. The zero-order chi connectivity index (χ0) is 10.4. The predicted molar refractivity (Wildman–Crippen MR) is 65.2 cm³/mol. The second-order valence-corrected chi connectivity index (χ2v) is 3.65. The molecule has 0 aromatic heterocycles. The van der Waals surface area contributed by atoms with Gasteiger partial charge in [0, 0.05) is 0 Å². The summed E-state index contributed by atoms with van der Waals surface area (Å²) < 4.78 is 5.19. The molecule has 0 spiro atoms. The molecule has 0 aliphatic heterocycles. The first-order valence-electron chi connectivity index (χ1n) is 4.69. The fraction of sp³-hybridized carbons (Fsp3) is 0.333. The quantitative estimate of drug-likeness (QED) is 0.747. The van der Waals surface area contributed by atoms with Crippen LogP contribution in [0.4, 0.5) is 0 Å². The van der Waals surface area contributed by atoms with Gasteiger partial charge in [-0.3, -0.25) is 0 Å². The lowest BCUT2D eigenvalue weighted by Gasteiger charge is -2.03. The number of thiol groups is 1. The molecule has 14 heavy (non-hydrogen) atoms. The lowest BCUT2D eigenvalue weighted by molar-refractivity contribution is 0.414. The maximum atomic E-state index is 5.19. The van der Waals surface area contributed by atoms with E-state index in [2.05, 4.69) is 37.8 Å². The molecule has 0 heterocycles. The topological polar surface area (TPSA) is 9.23 Å². The van der Waals surface area contributed by atoms with Crippen molar-refractivity contribution in [1.82, 2.24) is 0 Å². The highest BCUT2D eigenvalue weighted by molar-refractivity contribution is 7.80. The second-order valence-electron chi connectivity index (χ2n) is 3.20. The zero-order valence-corrected chi connectivity index (χ0v) is 9.55. The van der Waals surface area contributed by atoms with Crippen molar-refractivity contribution >= 4 is 18.7 Å². The van der Waals surface area contributed by atoms with E-state index in [-0.39, 0.29) is 0 Å². The summed E-state index contributed by atoms with van der Waals surface area (Å²) in [5.41, 5.74) is 2.40. The smallest absolute Gasteiger partial charge is 0.119 e. The average molecular weight is 208 g/mol. The molecule has 0 saturated heterocycles. The fourth-order valence-corrected chi connectivity index (χ4v) is 1.43. The lowest BCUT2D eigenvalue weighted by atomic mass is 10.1. The Labute approximate surface area is 91.2 Å². The molecule has 0 unspecified atom stereocenters. The summed E-state index contributed by atoms with van der Waals surface area (Å²) in [4.78, 5) is 0. The van der Waals surface area contributed by atoms with Crippen LogP contribution in [0.5, 0.6) is 5.75 Å². The van der Waals surface area contributed by atoms with Crippen LogP contribution < -0.4 is 4.74 Å². The highest BCUT2D eigenvalue weighted by Crippen LogP contribution is 2.17. The predicted octanol–water partition coefficient (Wildman–Crippen LogP) is 3.34. The molecule has 0 aliphatic carbocycles. The van der Waals surface area contributed by atoms with Crippen LogP contribution in [-0.2, 0) is 0 Å². The number of aryl methyl sites for hydroxylation is 1. The highest BCUT2D eigenvalue weighted by Gasteiger charge is 1.94. The number of benzene rings is 1. The van der Waals surface area contributed by atoms with Crippen molar-refractivity contribution in [3.63, 3.8) is 0 Å². The van der Waals surface area contributed by atoms with Gasteiger partial charge >= 0.3 is 0 Å². The van der Waals surface area contributed by atoms with Gasteiger partial charge in [0.2, 0.25) is 0 Å². The van der Waals surface area contributed by atoms with Gasteiger partial charge in [-0.15, -0.1) is 0 Å². The minimum absolute atomic E-state index is 0.888. The van der Waals surface area contributed by atoms with Crippen LogP contribution >= 0.6 is 12.6 Å². The maximum absolute atomic E-state index is 5.19. The van der Waals surface area contributed by atoms with Crippen LogP contribution in [0.3, 0.4) is 0 Å². The van der Waals surface area contributed by atoms with Gasteiger partial charge in [-0.1, -0.05) is 18.2 Å². The molecule has 2 heteroatoms. The molecule has 0 amide bonds. The normalized spacial score (nSPS) is 10.8.